The molecule has 0 bridgehead atoms. The lowest BCUT2D eigenvalue weighted by molar-refractivity contribution is 0.402. The van der Waals surface area contributed by atoms with E-state index in [1.807, 2.05) is 32.1 Å². The van der Waals surface area contributed by atoms with Crippen molar-refractivity contribution in [2.75, 3.05) is 13.7 Å². The van der Waals surface area contributed by atoms with Gasteiger partial charge in [0, 0.05) is 17.7 Å². The number of rotatable bonds is 3. The third-order valence-corrected chi connectivity index (χ3v) is 2.39. The summed E-state index contributed by atoms with van der Waals surface area (Å²) in [6.45, 7) is 4.22. The van der Waals surface area contributed by atoms with Crippen molar-refractivity contribution in [3.8, 4) is 11.5 Å². The Morgan fingerprint density at radius 2 is 2.13 bits per heavy atom. The van der Waals surface area contributed by atoms with E-state index in [0.29, 0.717) is 12.3 Å². The molecule has 0 saturated carbocycles. The van der Waals surface area contributed by atoms with Crippen LogP contribution in [0.4, 0.5) is 0 Å². The van der Waals surface area contributed by atoms with Gasteiger partial charge in [-0.15, -0.1) is 0 Å². The number of hydrogen-bond acceptors (Lipinski definition) is 3. The highest BCUT2D eigenvalue weighted by Crippen LogP contribution is 2.33. The van der Waals surface area contributed by atoms with Gasteiger partial charge in [0.15, 0.2) is 0 Å². The first kappa shape index (κ1) is 11.6. The van der Waals surface area contributed by atoms with E-state index in [9.17, 15) is 5.11 Å². The number of aromatic hydroxyl groups is 1. The second-order valence-electron chi connectivity index (χ2n) is 3.42. The molecule has 0 spiro atoms. The molecule has 0 aliphatic rings. The largest absolute Gasteiger partial charge is 0.507 e. The predicted molar refractivity (Wildman–Crippen MR) is 62.2 cm³/mol. The molecule has 1 aromatic rings. The van der Waals surface area contributed by atoms with Crippen molar-refractivity contribution in [2.24, 2.45) is 5.73 Å². The van der Waals surface area contributed by atoms with E-state index < -0.39 is 0 Å². The minimum atomic E-state index is 0.261. The molecule has 0 saturated heterocycles. The van der Waals surface area contributed by atoms with Crippen molar-refractivity contribution < 1.29 is 9.84 Å². The Labute approximate surface area is 90.2 Å². The molecule has 3 heteroatoms. The highest BCUT2D eigenvalue weighted by molar-refractivity contribution is 5.66. The Balaban J connectivity index is 3.29. The molecular weight excluding hydrogens is 190 g/mol. The quantitative estimate of drug-likeness (QED) is 0.797. The van der Waals surface area contributed by atoms with Gasteiger partial charge in [-0.3, -0.25) is 0 Å². The van der Waals surface area contributed by atoms with Crippen molar-refractivity contribution >= 4 is 6.08 Å². The van der Waals surface area contributed by atoms with E-state index in [1.54, 1.807) is 7.11 Å². The van der Waals surface area contributed by atoms with Crippen molar-refractivity contribution in [3.05, 3.63) is 28.8 Å². The first-order valence-electron chi connectivity index (χ1n) is 4.85. The topological polar surface area (TPSA) is 55.5 Å². The summed E-state index contributed by atoms with van der Waals surface area (Å²) in [5, 5.41) is 9.94. The zero-order valence-corrected chi connectivity index (χ0v) is 9.37. The zero-order chi connectivity index (χ0) is 11.4. The van der Waals surface area contributed by atoms with E-state index in [-0.39, 0.29) is 5.75 Å². The molecule has 3 nitrogen and oxygen atoms in total. The molecular formula is C12H17NO2. The molecule has 0 aromatic heterocycles. The Hall–Kier alpha value is -1.48. The van der Waals surface area contributed by atoms with Crippen LogP contribution in [-0.2, 0) is 0 Å². The molecule has 0 amide bonds. The zero-order valence-electron chi connectivity index (χ0n) is 9.37. The molecule has 0 heterocycles. The summed E-state index contributed by atoms with van der Waals surface area (Å²) in [7, 11) is 1.59. The van der Waals surface area contributed by atoms with Crippen LogP contribution in [-0.4, -0.2) is 18.8 Å². The number of methoxy groups -OCH3 is 1. The molecule has 1 aromatic carbocycles. The first-order chi connectivity index (χ1) is 7.11. The summed E-state index contributed by atoms with van der Waals surface area (Å²) >= 11 is 0. The lowest BCUT2D eigenvalue weighted by Gasteiger charge is -2.11. The van der Waals surface area contributed by atoms with Crippen molar-refractivity contribution in [3.63, 3.8) is 0 Å². The highest BCUT2D eigenvalue weighted by Gasteiger charge is 2.10. The van der Waals surface area contributed by atoms with E-state index in [0.717, 1.165) is 16.7 Å². The van der Waals surface area contributed by atoms with Gasteiger partial charge in [-0.25, -0.2) is 0 Å². The maximum Gasteiger partial charge on any atom is 0.129 e. The van der Waals surface area contributed by atoms with Crippen LogP contribution in [0.15, 0.2) is 12.1 Å². The van der Waals surface area contributed by atoms with Gasteiger partial charge in [0.05, 0.1) is 7.11 Å². The summed E-state index contributed by atoms with van der Waals surface area (Å²) < 4.78 is 5.16. The molecule has 0 aliphatic heterocycles. The Morgan fingerprint density at radius 1 is 1.47 bits per heavy atom. The summed E-state index contributed by atoms with van der Waals surface area (Å²) in [5.41, 5.74) is 7.90. The summed E-state index contributed by atoms with van der Waals surface area (Å²) in [6.07, 6.45) is 3.64. The number of nitrogens with two attached hydrogens (primary N) is 1. The molecule has 0 unspecified atom stereocenters. The van der Waals surface area contributed by atoms with E-state index >= 15 is 0 Å². The minimum absolute atomic E-state index is 0.261. The molecule has 3 N–H and O–H groups in total. The maximum atomic E-state index is 9.94. The van der Waals surface area contributed by atoms with Gasteiger partial charge in [0.25, 0.3) is 0 Å². The van der Waals surface area contributed by atoms with Gasteiger partial charge in [-0.2, -0.15) is 0 Å². The fraction of sp³-hybridized carbons (Fsp3) is 0.333. The third kappa shape index (κ3) is 2.30. The smallest absolute Gasteiger partial charge is 0.129 e. The number of aryl methyl sites for hydroxylation is 1. The number of ether oxygens (including phenoxy) is 1. The molecule has 0 fully saturated rings. The minimum Gasteiger partial charge on any atom is -0.507 e. The monoisotopic (exact) mass is 207 g/mol. The van der Waals surface area contributed by atoms with E-state index in [1.165, 1.54) is 0 Å². The van der Waals surface area contributed by atoms with Gasteiger partial charge in [-0.1, -0.05) is 12.2 Å². The van der Waals surface area contributed by atoms with Crippen LogP contribution in [0.2, 0.25) is 0 Å². The van der Waals surface area contributed by atoms with Gasteiger partial charge in [0.1, 0.15) is 11.5 Å². The van der Waals surface area contributed by atoms with Crippen molar-refractivity contribution in [1.82, 2.24) is 0 Å². The van der Waals surface area contributed by atoms with Crippen LogP contribution >= 0.6 is 0 Å². The van der Waals surface area contributed by atoms with E-state index in [2.05, 4.69) is 0 Å². The van der Waals surface area contributed by atoms with Crippen molar-refractivity contribution in [1.29, 1.82) is 0 Å². The van der Waals surface area contributed by atoms with E-state index in [4.69, 9.17) is 10.5 Å². The fourth-order valence-electron chi connectivity index (χ4n) is 1.50. The normalized spacial score (nSPS) is 10.9. The van der Waals surface area contributed by atoms with Gasteiger partial charge >= 0.3 is 0 Å². The predicted octanol–water partition coefficient (Wildman–Crippen LogP) is 1.99. The number of benzene rings is 1. The molecule has 82 valence electrons. The molecule has 15 heavy (non-hydrogen) atoms. The lowest BCUT2D eigenvalue weighted by Crippen LogP contribution is -1.95. The average molecular weight is 207 g/mol. The highest BCUT2D eigenvalue weighted by atomic mass is 16.5. The summed E-state index contributed by atoms with van der Waals surface area (Å²) in [4.78, 5) is 0. The van der Waals surface area contributed by atoms with Crippen LogP contribution in [0, 0.1) is 13.8 Å². The molecule has 0 aliphatic carbocycles. The third-order valence-electron chi connectivity index (χ3n) is 2.39. The fourth-order valence-corrected chi connectivity index (χ4v) is 1.50. The second kappa shape index (κ2) is 4.84. The molecule has 0 radical (unpaired) electrons. The SMILES string of the molecule is COc1cc(C)c(/C=C/CN)c(O)c1C. The molecule has 1 rings (SSSR count). The molecule has 0 atom stereocenters. The first-order valence-corrected chi connectivity index (χ1v) is 4.85. The van der Waals surface area contributed by atoms with Crippen LogP contribution in [0.3, 0.4) is 0 Å². The Morgan fingerprint density at radius 3 is 2.67 bits per heavy atom. The Kier molecular flexibility index (Phi) is 3.74. The Bertz CT molecular complexity index is 384. The second-order valence-corrected chi connectivity index (χ2v) is 3.42. The van der Waals surface area contributed by atoms with Crippen LogP contribution in [0.1, 0.15) is 16.7 Å². The van der Waals surface area contributed by atoms with Gasteiger partial charge < -0.3 is 15.6 Å². The van der Waals surface area contributed by atoms with Crippen molar-refractivity contribution in [2.45, 2.75) is 13.8 Å². The van der Waals surface area contributed by atoms with Crippen LogP contribution < -0.4 is 10.5 Å². The maximum absolute atomic E-state index is 9.94. The van der Waals surface area contributed by atoms with Crippen LogP contribution in [0.25, 0.3) is 6.08 Å². The lowest BCUT2D eigenvalue weighted by atomic mass is 10.0. The number of phenols is 1. The number of hydrogen-bond donors (Lipinski definition) is 2. The van der Waals surface area contributed by atoms with Gasteiger partial charge in [0.2, 0.25) is 0 Å². The summed E-state index contributed by atoms with van der Waals surface area (Å²) in [6, 6.07) is 1.91. The van der Waals surface area contributed by atoms with Gasteiger partial charge in [-0.05, 0) is 25.5 Å². The van der Waals surface area contributed by atoms with Crippen LogP contribution in [0.5, 0.6) is 11.5 Å². The average Bonchev–Trinajstić information content (AvgIpc) is 2.23. The summed E-state index contributed by atoms with van der Waals surface area (Å²) in [5.74, 6) is 0.964. The standard InChI is InChI=1S/C12H17NO2/c1-8-7-11(15-3)9(2)12(14)10(8)5-4-6-13/h4-5,7,14H,6,13H2,1-3H3/b5-4+. The number of phenolic OH excluding ortho intramolecular Hbond substituents is 1.